The standard InChI is InChI=1S/C23H30N2O3.ClH/c1-27-15-13-18-9-11-20(12-10-18)28-14-5-8-23(26)25-16-21(22(24)17-25)19-6-3-2-4-7-19;/h2-4,6-7,9-12,21-22H,5,8,13-17,24H2,1H3;1H/t21-,22+;/m0./s1. The largest absolute Gasteiger partial charge is 0.494 e. The summed E-state index contributed by atoms with van der Waals surface area (Å²) in [4.78, 5) is 14.4. The van der Waals surface area contributed by atoms with Gasteiger partial charge in [-0.1, -0.05) is 42.5 Å². The van der Waals surface area contributed by atoms with E-state index < -0.39 is 0 Å². The summed E-state index contributed by atoms with van der Waals surface area (Å²) in [6, 6.07) is 18.3. The van der Waals surface area contributed by atoms with Gasteiger partial charge in [-0.3, -0.25) is 4.79 Å². The molecule has 1 fully saturated rings. The van der Waals surface area contributed by atoms with Crippen LogP contribution in [0.3, 0.4) is 0 Å². The summed E-state index contributed by atoms with van der Waals surface area (Å²) in [6.07, 6.45) is 2.08. The monoisotopic (exact) mass is 418 g/mol. The fourth-order valence-corrected chi connectivity index (χ4v) is 3.63. The number of methoxy groups -OCH3 is 1. The summed E-state index contributed by atoms with van der Waals surface area (Å²) in [5.41, 5.74) is 8.72. The predicted molar refractivity (Wildman–Crippen MR) is 118 cm³/mol. The third-order valence-corrected chi connectivity index (χ3v) is 5.27. The Bertz CT molecular complexity index is 740. The molecule has 0 aliphatic carbocycles. The number of halogens is 1. The fourth-order valence-electron chi connectivity index (χ4n) is 3.63. The Kier molecular flexibility index (Phi) is 9.45. The lowest BCUT2D eigenvalue weighted by molar-refractivity contribution is -0.130. The van der Waals surface area contributed by atoms with Crippen molar-refractivity contribution < 1.29 is 14.3 Å². The van der Waals surface area contributed by atoms with Crippen LogP contribution in [-0.2, 0) is 16.0 Å². The van der Waals surface area contributed by atoms with Gasteiger partial charge in [0.05, 0.1) is 13.2 Å². The highest BCUT2D eigenvalue weighted by atomic mass is 35.5. The van der Waals surface area contributed by atoms with Gasteiger partial charge in [0, 0.05) is 38.6 Å². The normalized spacial score (nSPS) is 18.3. The van der Waals surface area contributed by atoms with Crippen molar-refractivity contribution in [2.45, 2.75) is 31.2 Å². The number of ether oxygens (including phenoxy) is 2. The molecule has 2 atom stereocenters. The van der Waals surface area contributed by atoms with Gasteiger partial charge in [0.15, 0.2) is 0 Å². The minimum absolute atomic E-state index is 0. The molecule has 0 spiro atoms. The van der Waals surface area contributed by atoms with E-state index in [1.54, 1.807) is 7.11 Å². The van der Waals surface area contributed by atoms with Crippen LogP contribution in [0.15, 0.2) is 54.6 Å². The maximum atomic E-state index is 12.5. The number of hydrogen-bond donors (Lipinski definition) is 1. The van der Waals surface area contributed by atoms with E-state index in [-0.39, 0.29) is 30.3 Å². The van der Waals surface area contributed by atoms with E-state index in [2.05, 4.69) is 24.3 Å². The SMILES string of the molecule is COCCc1ccc(OCCCC(=O)N2C[C@@H](N)[C@H](c3ccccc3)C2)cc1.Cl. The maximum absolute atomic E-state index is 12.5. The second kappa shape index (κ2) is 11.8. The number of nitrogens with two attached hydrogens (primary N) is 1. The van der Waals surface area contributed by atoms with Crippen molar-refractivity contribution in [2.75, 3.05) is 33.4 Å². The van der Waals surface area contributed by atoms with Crippen LogP contribution in [0.25, 0.3) is 0 Å². The van der Waals surface area contributed by atoms with E-state index in [4.69, 9.17) is 15.2 Å². The van der Waals surface area contributed by atoms with E-state index in [0.29, 0.717) is 39.1 Å². The Morgan fingerprint density at radius 1 is 1.07 bits per heavy atom. The van der Waals surface area contributed by atoms with Gasteiger partial charge >= 0.3 is 0 Å². The van der Waals surface area contributed by atoms with Crippen LogP contribution in [-0.4, -0.2) is 50.3 Å². The Labute approximate surface area is 179 Å². The van der Waals surface area contributed by atoms with Crippen molar-refractivity contribution in [1.82, 2.24) is 4.90 Å². The molecule has 6 heteroatoms. The van der Waals surface area contributed by atoms with Crippen LogP contribution in [0.1, 0.15) is 29.9 Å². The first-order valence-corrected chi connectivity index (χ1v) is 9.96. The smallest absolute Gasteiger partial charge is 0.222 e. The molecule has 1 amide bonds. The number of carbonyl (C=O) groups excluding carboxylic acids is 1. The molecule has 5 nitrogen and oxygen atoms in total. The molecular weight excluding hydrogens is 388 g/mol. The maximum Gasteiger partial charge on any atom is 0.222 e. The van der Waals surface area contributed by atoms with Crippen molar-refractivity contribution in [3.63, 3.8) is 0 Å². The number of rotatable bonds is 9. The van der Waals surface area contributed by atoms with Crippen LogP contribution in [0, 0.1) is 0 Å². The van der Waals surface area contributed by atoms with E-state index in [1.807, 2.05) is 35.2 Å². The van der Waals surface area contributed by atoms with Gasteiger partial charge in [-0.2, -0.15) is 0 Å². The van der Waals surface area contributed by atoms with Crippen molar-refractivity contribution in [3.8, 4) is 5.75 Å². The fraction of sp³-hybridized carbons (Fsp3) is 0.435. The van der Waals surface area contributed by atoms with E-state index in [9.17, 15) is 4.79 Å². The molecule has 3 rings (SSSR count). The highest BCUT2D eigenvalue weighted by Crippen LogP contribution is 2.26. The zero-order valence-corrected chi connectivity index (χ0v) is 17.8. The lowest BCUT2D eigenvalue weighted by Gasteiger charge is -2.16. The highest BCUT2D eigenvalue weighted by molar-refractivity contribution is 5.85. The molecule has 1 heterocycles. The molecule has 158 valence electrons. The third kappa shape index (κ3) is 6.74. The Morgan fingerprint density at radius 3 is 2.48 bits per heavy atom. The van der Waals surface area contributed by atoms with E-state index >= 15 is 0 Å². The van der Waals surface area contributed by atoms with Crippen molar-refractivity contribution >= 4 is 18.3 Å². The lowest BCUT2D eigenvalue weighted by atomic mass is 9.95. The summed E-state index contributed by atoms with van der Waals surface area (Å²) in [5.74, 6) is 1.21. The molecule has 2 N–H and O–H groups in total. The summed E-state index contributed by atoms with van der Waals surface area (Å²) in [6.45, 7) is 2.58. The number of amides is 1. The quantitative estimate of drug-likeness (QED) is 0.634. The van der Waals surface area contributed by atoms with Gasteiger partial charge in [-0.25, -0.2) is 0 Å². The molecule has 0 saturated carbocycles. The van der Waals surface area contributed by atoms with Crippen LogP contribution < -0.4 is 10.5 Å². The summed E-state index contributed by atoms with van der Waals surface area (Å²) >= 11 is 0. The number of hydrogen-bond acceptors (Lipinski definition) is 4. The zero-order chi connectivity index (χ0) is 19.8. The molecule has 1 aliphatic rings. The molecular formula is C23H31ClN2O3. The zero-order valence-electron chi connectivity index (χ0n) is 17.0. The van der Waals surface area contributed by atoms with Gasteiger partial charge in [-0.15, -0.1) is 12.4 Å². The Hall–Kier alpha value is -2.08. The summed E-state index contributed by atoms with van der Waals surface area (Å²) in [5, 5.41) is 0. The lowest BCUT2D eigenvalue weighted by Crippen LogP contribution is -2.32. The predicted octanol–water partition coefficient (Wildman–Crippen LogP) is 3.41. The van der Waals surface area contributed by atoms with Crippen LogP contribution in [0.4, 0.5) is 0 Å². The Balaban J connectivity index is 0.00000300. The van der Waals surface area contributed by atoms with Crippen LogP contribution >= 0.6 is 12.4 Å². The second-order valence-corrected chi connectivity index (χ2v) is 7.32. The van der Waals surface area contributed by atoms with Crippen LogP contribution in [0.5, 0.6) is 5.75 Å². The minimum Gasteiger partial charge on any atom is -0.494 e. The summed E-state index contributed by atoms with van der Waals surface area (Å²) in [7, 11) is 1.70. The minimum atomic E-state index is -0.000720. The second-order valence-electron chi connectivity index (χ2n) is 7.32. The molecule has 0 aromatic heterocycles. The molecule has 1 aliphatic heterocycles. The number of nitrogens with zero attached hydrogens (tertiary/aromatic N) is 1. The first-order chi connectivity index (χ1) is 13.7. The molecule has 0 bridgehead atoms. The van der Waals surface area contributed by atoms with E-state index in [1.165, 1.54) is 11.1 Å². The number of carbonyl (C=O) groups is 1. The van der Waals surface area contributed by atoms with Crippen molar-refractivity contribution in [3.05, 3.63) is 65.7 Å². The topological polar surface area (TPSA) is 64.8 Å². The molecule has 2 aromatic carbocycles. The van der Waals surface area contributed by atoms with Crippen molar-refractivity contribution in [2.24, 2.45) is 5.73 Å². The van der Waals surface area contributed by atoms with Crippen LogP contribution in [0.2, 0.25) is 0 Å². The van der Waals surface area contributed by atoms with Gasteiger partial charge in [0.2, 0.25) is 5.91 Å². The Morgan fingerprint density at radius 2 is 1.79 bits per heavy atom. The average molecular weight is 419 g/mol. The first kappa shape index (κ1) is 23.2. The van der Waals surface area contributed by atoms with Crippen molar-refractivity contribution in [1.29, 1.82) is 0 Å². The number of likely N-dealkylation sites (tertiary alicyclic amines) is 1. The number of benzene rings is 2. The first-order valence-electron chi connectivity index (χ1n) is 9.96. The summed E-state index contributed by atoms with van der Waals surface area (Å²) < 4.78 is 10.8. The van der Waals surface area contributed by atoms with Gasteiger partial charge in [0.25, 0.3) is 0 Å². The van der Waals surface area contributed by atoms with Gasteiger partial charge < -0.3 is 20.1 Å². The van der Waals surface area contributed by atoms with Gasteiger partial charge in [-0.05, 0) is 36.1 Å². The molecule has 1 saturated heterocycles. The average Bonchev–Trinajstić information content (AvgIpc) is 3.13. The molecule has 29 heavy (non-hydrogen) atoms. The highest BCUT2D eigenvalue weighted by Gasteiger charge is 2.33. The molecule has 0 radical (unpaired) electrons. The van der Waals surface area contributed by atoms with E-state index in [0.717, 1.165) is 12.2 Å². The third-order valence-electron chi connectivity index (χ3n) is 5.27. The molecule has 2 aromatic rings. The molecule has 0 unspecified atom stereocenters. The van der Waals surface area contributed by atoms with Gasteiger partial charge in [0.1, 0.15) is 5.75 Å².